The van der Waals surface area contributed by atoms with Crippen LogP contribution in [-0.2, 0) is 11.2 Å². The number of amides is 1. The first-order valence-corrected chi connectivity index (χ1v) is 6.41. The molecule has 1 amide bonds. The zero-order valence-corrected chi connectivity index (χ0v) is 10.9. The number of nitrogens with two attached hydrogens (primary N) is 1. The Hall–Kier alpha value is -1.88. The summed E-state index contributed by atoms with van der Waals surface area (Å²) in [4.78, 5) is 24.7. The fraction of sp³-hybridized carbons (Fsp3) is 0.429. The Labute approximate surface area is 112 Å². The summed E-state index contributed by atoms with van der Waals surface area (Å²) in [5, 5.41) is 8.94. The highest BCUT2D eigenvalue weighted by molar-refractivity contribution is 5.96. The van der Waals surface area contributed by atoms with Crippen LogP contribution in [-0.4, -0.2) is 29.6 Å². The molecule has 19 heavy (non-hydrogen) atoms. The molecule has 0 spiro atoms. The van der Waals surface area contributed by atoms with Crippen molar-refractivity contribution < 1.29 is 14.7 Å². The number of aromatic carboxylic acids is 1. The molecule has 1 heterocycles. The molecule has 0 aromatic heterocycles. The van der Waals surface area contributed by atoms with Crippen molar-refractivity contribution in [1.29, 1.82) is 0 Å². The lowest BCUT2D eigenvalue weighted by molar-refractivity contribution is -0.118. The monoisotopic (exact) mass is 262 g/mol. The van der Waals surface area contributed by atoms with Crippen molar-refractivity contribution in [2.75, 3.05) is 11.4 Å². The molecule has 0 saturated heterocycles. The van der Waals surface area contributed by atoms with Crippen LogP contribution in [0.1, 0.15) is 35.7 Å². The lowest BCUT2D eigenvalue weighted by Gasteiger charge is -2.18. The van der Waals surface area contributed by atoms with Crippen molar-refractivity contribution in [3.8, 4) is 0 Å². The summed E-state index contributed by atoms with van der Waals surface area (Å²) < 4.78 is 0. The summed E-state index contributed by atoms with van der Waals surface area (Å²) >= 11 is 0. The van der Waals surface area contributed by atoms with E-state index in [4.69, 9.17) is 10.8 Å². The van der Waals surface area contributed by atoms with Crippen LogP contribution in [0.4, 0.5) is 5.69 Å². The number of hydrogen-bond donors (Lipinski definition) is 2. The van der Waals surface area contributed by atoms with Crippen LogP contribution in [0, 0.1) is 0 Å². The predicted molar refractivity (Wildman–Crippen MR) is 72.3 cm³/mol. The van der Waals surface area contributed by atoms with Crippen LogP contribution < -0.4 is 10.6 Å². The molecule has 1 aromatic rings. The number of carbonyl (C=O) groups excluding carboxylic acids is 1. The SMILES string of the molecule is CC(N)CCC(=O)N1CCc2cc(C(=O)O)ccc21. The first-order valence-electron chi connectivity index (χ1n) is 6.41. The molecule has 0 radical (unpaired) electrons. The zero-order chi connectivity index (χ0) is 14.0. The Bertz CT molecular complexity index is 511. The van der Waals surface area contributed by atoms with Gasteiger partial charge in [0.15, 0.2) is 0 Å². The molecule has 0 bridgehead atoms. The van der Waals surface area contributed by atoms with Gasteiger partial charge in [0, 0.05) is 24.7 Å². The Morgan fingerprint density at radius 1 is 1.47 bits per heavy atom. The van der Waals surface area contributed by atoms with Crippen LogP contribution in [0.5, 0.6) is 0 Å². The first kappa shape index (κ1) is 13.5. The minimum Gasteiger partial charge on any atom is -0.478 e. The molecular weight excluding hydrogens is 244 g/mol. The molecule has 0 aliphatic carbocycles. The third kappa shape index (κ3) is 2.93. The van der Waals surface area contributed by atoms with Crippen molar-refractivity contribution in [3.05, 3.63) is 29.3 Å². The van der Waals surface area contributed by atoms with Gasteiger partial charge in [-0.2, -0.15) is 0 Å². The molecule has 5 heteroatoms. The Balaban J connectivity index is 2.13. The second kappa shape index (κ2) is 5.40. The Kier molecular flexibility index (Phi) is 3.85. The minimum atomic E-state index is -0.940. The molecule has 0 saturated carbocycles. The van der Waals surface area contributed by atoms with Gasteiger partial charge >= 0.3 is 5.97 Å². The van der Waals surface area contributed by atoms with E-state index in [9.17, 15) is 9.59 Å². The summed E-state index contributed by atoms with van der Waals surface area (Å²) in [7, 11) is 0. The van der Waals surface area contributed by atoms with E-state index >= 15 is 0 Å². The van der Waals surface area contributed by atoms with E-state index in [0.717, 1.165) is 11.3 Å². The van der Waals surface area contributed by atoms with E-state index in [1.165, 1.54) is 0 Å². The van der Waals surface area contributed by atoms with Gasteiger partial charge in [0.2, 0.25) is 5.91 Å². The van der Waals surface area contributed by atoms with E-state index in [2.05, 4.69) is 0 Å². The van der Waals surface area contributed by atoms with Gasteiger partial charge in [-0.15, -0.1) is 0 Å². The van der Waals surface area contributed by atoms with Crippen molar-refractivity contribution in [2.24, 2.45) is 5.73 Å². The van der Waals surface area contributed by atoms with Crippen molar-refractivity contribution in [2.45, 2.75) is 32.2 Å². The second-order valence-corrected chi connectivity index (χ2v) is 4.96. The Morgan fingerprint density at radius 2 is 2.21 bits per heavy atom. The van der Waals surface area contributed by atoms with E-state index in [0.29, 0.717) is 25.8 Å². The van der Waals surface area contributed by atoms with Crippen LogP contribution in [0.2, 0.25) is 0 Å². The number of hydrogen-bond acceptors (Lipinski definition) is 3. The quantitative estimate of drug-likeness (QED) is 0.859. The smallest absolute Gasteiger partial charge is 0.335 e. The van der Waals surface area contributed by atoms with E-state index in [-0.39, 0.29) is 17.5 Å². The molecule has 1 unspecified atom stereocenters. The number of carboxylic acids is 1. The Morgan fingerprint density at radius 3 is 2.84 bits per heavy atom. The second-order valence-electron chi connectivity index (χ2n) is 4.96. The third-order valence-corrected chi connectivity index (χ3v) is 3.34. The molecule has 1 aliphatic rings. The molecule has 2 rings (SSSR count). The molecule has 0 fully saturated rings. The van der Waals surface area contributed by atoms with Crippen molar-refractivity contribution >= 4 is 17.6 Å². The maximum atomic E-state index is 12.1. The molecule has 1 atom stereocenters. The lowest BCUT2D eigenvalue weighted by Crippen LogP contribution is -2.30. The van der Waals surface area contributed by atoms with Crippen molar-refractivity contribution in [1.82, 2.24) is 0 Å². The average Bonchev–Trinajstić information content (AvgIpc) is 2.78. The summed E-state index contributed by atoms with van der Waals surface area (Å²) in [5.74, 6) is -0.886. The number of anilines is 1. The molecule has 5 nitrogen and oxygen atoms in total. The van der Waals surface area contributed by atoms with E-state index in [1.807, 2.05) is 6.92 Å². The van der Waals surface area contributed by atoms with Gasteiger partial charge in [-0.05, 0) is 43.5 Å². The topological polar surface area (TPSA) is 83.6 Å². The van der Waals surface area contributed by atoms with Crippen LogP contribution >= 0.6 is 0 Å². The molecule has 1 aliphatic heterocycles. The fourth-order valence-corrected chi connectivity index (χ4v) is 2.28. The normalized spacial score (nSPS) is 15.2. The fourth-order valence-electron chi connectivity index (χ4n) is 2.28. The third-order valence-electron chi connectivity index (χ3n) is 3.34. The van der Waals surface area contributed by atoms with E-state index < -0.39 is 5.97 Å². The van der Waals surface area contributed by atoms with E-state index in [1.54, 1.807) is 23.1 Å². The van der Waals surface area contributed by atoms with Gasteiger partial charge in [0.25, 0.3) is 0 Å². The number of rotatable bonds is 4. The van der Waals surface area contributed by atoms with Crippen molar-refractivity contribution in [3.63, 3.8) is 0 Å². The molecular formula is C14H18N2O3. The zero-order valence-electron chi connectivity index (χ0n) is 10.9. The summed E-state index contributed by atoms with van der Waals surface area (Å²) in [6, 6.07) is 4.92. The number of benzene rings is 1. The van der Waals surface area contributed by atoms with Gasteiger partial charge in [-0.1, -0.05) is 0 Å². The number of carbonyl (C=O) groups is 2. The van der Waals surface area contributed by atoms with Gasteiger partial charge < -0.3 is 15.7 Å². The number of nitrogens with zero attached hydrogens (tertiary/aromatic N) is 1. The highest BCUT2D eigenvalue weighted by Gasteiger charge is 2.25. The lowest BCUT2D eigenvalue weighted by atomic mass is 10.1. The maximum absolute atomic E-state index is 12.1. The average molecular weight is 262 g/mol. The maximum Gasteiger partial charge on any atom is 0.335 e. The van der Waals surface area contributed by atoms with Gasteiger partial charge in [-0.3, -0.25) is 4.79 Å². The molecule has 1 aromatic carbocycles. The predicted octanol–water partition coefficient (Wildman–Crippen LogP) is 1.40. The summed E-state index contributed by atoms with van der Waals surface area (Å²) in [6.45, 7) is 2.50. The summed E-state index contributed by atoms with van der Waals surface area (Å²) in [6.07, 6.45) is 1.80. The standard InChI is InChI=1S/C14H18N2O3/c1-9(15)2-5-13(17)16-7-6-10-8-11(14(18)19)3-4-12(10)16/h3-4,8-9H,2,5-7,15H2,1H3,(H,18,19). The molecule has 3 N–H and O–H groups in total. The highest BCUT2D eigenvalue weighted by Crippen LogP contribution is 2.29. The van der Waals surface area contributed by atoms with Gasteiger partial charge in [-0.25, -0.2) is 4.79 Å². The first-order chi connectivity index (χ1) is 8.99. The van der Waals surface area contributed by atoms with Crippen LogP contribution in [0.15, 0.2) is 18.2 Å². The minimum absolute atomic E-state index is 0.0143. The largest absolute Gasteiger partial charge is 0.478 e. The van der Waals surface area contributed by atoms with Gasteiger partial charge in [0.1, 0.15) is 0 Å². The number of carboxylic acid groups (broad SMARTS) is 1. The summed E-state index contributed by atoms with van der Waals surface area (Å²) in [5.41, 5.74) is 7.68. The number of fused-ring (bicyclic) bond motifs is 1. The molecule has 102 valence electrons. The van der Waals surface area contributed by atoms with Gasteiger partial charge in [0.05, 0.1) is 5.56 Å². The van der Waals surface area contributed by atoms with Crippen LogP contribution in [0.3, 0.4) is 0 Å². The highest BCUT2D eigenvalue weighted by atomic mass is 16.4. The van der Waals surface area contributed by atoms with Crippen LogP contribution in [0.25, 0.3) is 0 Å².